The molecule has 0 bridgehead atoms. The fraction of sp³-hybridized carbons (Fsp3) is 0.353. The number of rotatable bonds is 3. The first-order valence-corrected chi connectivity index (χ1v) is 8.23. The summed E-state index contributed by atoms with van der Waals surface area (Å²) in [5, 5.41) is 15.1. The molecule has 0 spiro atoms. The number of methoxy groups -OCH3 is 1. The van der Waals surface area contributed by atoms with Crippen molar-refractivity contribution in [1.29, 1.82) is 5.26 Å². The van der Waals surface area contributed by atoms with Crippen LogP contribution in [0.4, 0.5) is 0 Å². The van der Waals surface area contributed by atoms with E-state index < -0.39 is 0 Å². The minimum atomic E-state index is 0.312. The molecule has 0 aliphatic carbocycles. The fourth-order valence-corrected chi connectivity index (χ4v) is 3.59. The third-order valence-electron chi connectivity index (χ3n) is 3.70. The van der Waals surface area contributed by atoms with E-state index in [1.165, 1.54) is 11.3 Å². The third-order valence-corrected chi connectivity index (χ3v) is 4.91. The molecule has 2 heterocycles. The summed E-state index contributed by atoms with van der Waals surface area (Å²) in [6.07, 6.45) is 0. The zero-order chi connectivity index (χ0) is 16.7. The summed E-state index contributed by atoms with van der Waals surface area (Å²) in [5.41, 5.74) is 4.05. The van der Waals surface area contributed by atoms with Gasteiger partial charge in [0.1, 0.15) is 22.5 Å². The minimum Gasteiger partial charge on any atom is -0.496 e. The van der Waals surface area contributed by atoms with Crippen LogP contribution < -0.4 is 4.74 Å². The van der Waals surface area contributed by atoms with Gasteiger partial charge in [-0.2, -0.15) is 14.9 Å². The molecular formula is C17H18N4OS. The molecule has 0 atom stereocenters. The maximum atomic E-state index is 9.63. The first kappa shape index (κ1) is 15.5. The SMILES string of the molecule is COc1c(C)cc(C)cc1-c1nc2sc(C(C)C)nn2c1C#N. The van der Waals surface area contributed by atoms with Crippen LogP contribution in [0, 0.1) is 25.2 Å². The number of aryl methyl sites for hydroxylation is 2. The molecular weight excluding hydrogens is 308 g/mol. The normalized spacial score (nSPS) is 11.2. The Morgan fingerprint density at radius 2 is 2.04 bits per heavy atom. The average Bonchev–Trinajstić information content (AvgIpc) is 3.03. The molecule has 23 heavy (non-hydrogen) atoms. The molecule has 5 nitrogen and oxygen atoms in total. The van der Waals surface area contributed by atoms with Crippen LogP contribution in [-0.2, 0) is 0 Å². The predicted octanol–water partition coefficient (Wildman–Crippen LogP) is 4.08. The number of nitriles is 1. The Bertz CT molecular complexity index is 930. The van der Waals surface area contributed by atoms with Gasteiger partial charge in [-0.05, 0) is 31.0 Å². The summed E-state index contributed by atoms with van der Waals surface area (Å²) in [5.74, 6) is 1.06. The van der Waals surface area contributed by atoms with Crippen molar-refractivity contribution in [2.45, 2.75) is 33.6 Å². The second kappa shape index (κ2) is 5.67. The molecule has 0 aliphatic heterocycles. The second-order valence-electron chi connectivity index (χ2n) is 5.87. The summed E-state index contributed by atoms with van der Waals surface area (Å²) in [7, 11) is 1.64. The van der Waals surface area contributed by atoms with E-state index in [1.807, 2.05) is 19.9 Å². The van der Waals surface area contributed by atoms with E-state index in [-0.39, 0.29) is 0 Å². The number of hydrogen-bond donors (Lipinski definition) is 0. The van der Waals surface area contributed by atoms with Crippen LogP contribution >= 0.6 is 11.3 Å². The maximum absolute atomic E-state index is 9.63. The van der Waals surface area contributed by atoms with Gasteiger partial charge >= 0.3 is 0 Å². The molecule has 118 valence electrons. The van der Waals surface area contributed by atoms with E-state index in [9.17, 15) is 5.26 Å². The summed E-state index contributed by atoms with van der Waals surface area (Å²) in [6, 6.07) is 6.31. The van der Waals surface area contributed by atoms with Crippen LogP contribution in [0.1, 0.15) is 41.6 Å². The number of fused-ring (bicyclic) bond motifs is 1. The van der Waals surface area contributed by atoms with Crippen LogP contribution in [0.3, 0.4) is 0 Å². The zero-order valence-corrected chi connectivity index (χ0v) is 14.7. The zero-order valence-electron chi connectivity index (χ0n) is 13.8. The summed E-state index contributed by atoms with van der Waals surface area (Å²) in [4.78, 5) is 5.40. The second-order valence-corrected chi connectivity index (χ2v) is 6.86. The van der Waals surface area contributed by atoms with Crippen molar-refractivity contribution in [2.75, 3.05) is 7.11 Å². The molecule has 0 aliphatic rings. The number of aromatic nitrogens is 3. The minimum absolute atomic E-state index is 0.312. The standard InChI is InChI=1S/C17H18N4OS/c1-9(2)16-20-21-13(8-18)14(19-17(21)23-16)12-7-10(3)6-11(4)15(12)22-5/h6-7,9H,1-5H3. The first-order valence-electron chi connectivity index (χ1n) is 7.41. The highest BCUT2D eigenvalue weighted by molar-refractivity contribution is 7.16. The summed E-state index contributed by atoms with van der Waals surface area (Å²) >= 11 is 1.52. The molecule has 0 N–H and O–H groups in total. The number of nitrogens with zero attached hydrogens (tertiary/aromatic N) is 4. The molecule has 1 aromatic carbocycles. The van der Waals surface area contributed by atoms with E-state index >= 15 is 0 Å². The van der Waals surface area contributed by atoms with E-state index in [0.717, 1.165) is 32.4 Å². The highest BCUT2D eigenvalue weighted by Gasteiger charge is 2.22. The summed E-state index contributed by atoms with van der Waals surface area (Å²) < 4.78 is 7.19. The predicted molar refractivity (Wildman–Crippen MR) is 91.1 cm³/mol. The van der Waals surface area contributed by atoms with Gasteiger partial charge in [0.15, 0.2) is 5.69 Å². The molecule has 2 aromatic heterocycles. The van der Waals surface area contributed by atoms with E-state index in [1.54, 1.807) is 11.6 Å². The van der Waals surface area contributed by atoms with Gasteiger partial charge in [0.05, 0.1) is 7.11 Å². The van der Waals surface area contributed by atoms with Gasteiger partial charge in [-0.15, -0.1) is 0 Å². The van der Waals surface area contributed by atoms with Crippen molar-refractivity contribution in [3.8, 4) is 23.1 Å². The summed E-state index contributed by atoms with van der Waals surface area (Å²) in [6.45, 7) is 8.18. The number of benzene rings is 1. The molecule has 0 saturated carbocycles. The van der Waals surface area contributed by atoms with Crippen molar-refractivity contribution in [1.82, 2.24) is 14.6 Å². The van der Waals surface area contributed by atoms with Gasteiger partial charge in [-0.1, -0.05) is 31.3 Å². The van der Waals surface area contributed by atoms with Gasteiger partial charge in [-0.3, -0.25) is 0 Å². The van der Waals surface area contributed by atoms with Gasteiger partial charge in [0.25, 0.3) is 0 Å². The number of ether oxygens (including phenoxy) is 1. The van der Waals surface area contributed by atoms with Crippen molar-refractivity contribution < 1.29 is 4.74 Å². The molecule has 6 heteroatoms. The topological polar surface area (TPSA) is 63.2 Å². The monoisotopic (exact) mass is 326 g/mol. The van der Waals surface area contributed by atoms with Gasteiger partial charge in [0.2, 0.25) is 4.96 Å². The van der Waals surface area contributed by atoms with Gasteiger partial charge in [0, 0.05) is 11.5 Å². The van der Waals surface area contributed by atoms with Crippen LogP contribution in [-0.4, -0.2) is 21.7 Å². The fourth-order valence-electron chi connectivity index (χ4n) is 2.69. The van der Waals surface area contributed by atoms with E-state index in [2.05, 4.69) is 36.1 Å². The lowest BCUT2D eigenvalue weighted by molar-refractivity contribution is 0.413. The van der Waals surface area contributed by atoms with Crippen molar-refractivity contribution in [3.05, 3.63) is 34.0 Å². The lowest BCUT2D eigenvalue weighted by Gasteiger charge is -2.11. The van der Waals surface area contributed by atoms with Gasteiger partial charge < -0.3 is 4.74 Å². The number of hydrogen-bond acceptors (Lipinski definition) is 5. The Balaban J connectivity index is 2.29. The smallest absolute Gasteiger partial charge is 0.214 e. The largest absolute Gasteiger partial charge is 0.496 e. The van der Waals surface area contributed by atoms with Crippen LogP contribution in [0.2, 0.25) is 0 Å². The molecule has 0 saturated heterocycles. The molecule has 0 fully saturated rings. The van der Waals surface area contributed by atoms with Crippen molar-refractivity contribution in [3.63, 3.8) is 0 Å². The Morgan fingerprint density at radius 3 is 2.65 bits per heavy atom. The lowest BCUT2D eigenvalue weighted by atomic mass is 10.0. The van der Waals surface area contributed by atoms with Crippen LogP contribution in [0.25, 0.3) is 16.2 Å². The molecule has 0 amide bonds. The van der Waals surface area contributed by atoms with Crippen molar-refractivity contribution in [2.24, 2.45) is 0 Å². The Morgan fingerprint density at radius 1 is 1.30 bits per heavy atom. The third kappa shape index (κ3) is 2.47. The van der Waals surface area contributed by atoms with Gasteiger partial charge in [-0.25, -0.2) is 4.98 Å². The Kier molecular flexibility index (Phi) is 3.82. The molecule has 3 rings (SSSR count). The Hall–Kier alpha value is -2.39. The quantitative estimate of drug-likeness (QED) is 0.727. The Labute approximate surface area is 139 Å². The highest BCUT2D eigenvalue weighted by atomic mass is 32.1. The van der Waals surface area contributed by atoms with Crippen LogP contribution in [0.5, 0.6) is 5.75 Å². The highest BCUT2D eigenvalue weighted by Crippen LogP contribution is 2.36. The van der Waals surface area contributed by atoms with E-state index in [4.69, 9.17) is 4.74 Å². The number of imidazole rings is 1. The first-order chi connectivity index (χ1) is 11.0. The lowest BCUT2D eigenvalue weighted by Crippen LogP contribution is -1.97. The van der Waals surface area contributed by atoms with E-state index in [0.29, 0.717) is 17.3 Å². The van der Waals surface area contributed by atoms with Crippen molar-refractivity contribution >= 4 is 16.3 Å². The molecule has 0 radical (unpaired) electrons. The molecule has 0 unspecified atom stereocenters. The average molecular weight is 326 g/mol. The maximum Gasteiger partial charge on any atom is 0.214 e. The molecule has 3 aromatic rings. The van der Waals surface area contributed by atoms with Crippen LogP contribution in [0.15, 0.2) is 12.1 Å².